The number of hydrogen-bond acceptors (Lipinski definition) is 4. The largest absolute Gasteiger partial charge is 0.493 e. The number of methoxy groups -OCH3 is 2. The van der Waals surface area contributed by atoms with E-state index < -0.39 is 0 Å². The Morgan fingerprint density at radius 3 is 1.85 bits per heavy atom. The van der Waals surface area contributed by atoms with Crippen molar-refractivity contribution in [2.75, 3.05) is 19.5 Å². The fourth-order valence-corrected chi connectivity index (χ4v) is 2.30. The predicted molar refractivity (Wildman–Crippen MR) is 101 cm³/mol. The zero-order chi connectivity index (χ0) is 19.3. The third-order valence-electron chi connectivity index (χ3n) is 3.54. The number of carbonyl (C=O) groups is 2. The topological polar surface area (TPSA) is 76.7 Å². The number of carbonyl (C=O) groups excluding carboxylic acids is 2. The van der Waals surface area contributed by atoms with Crippen LogP contribution in [0.15, 0.2) is 42.5 Å². The lowest BCUT2D eigenvalue weighted by atomic mass is 10.1. The van der Waals surface area contributed by atoms with Crippen LogP contribution in [0, 0.1) is 0 Å². The molecule has 0 spiro atoms. The van der Waals surface area contributed by atoms with Crippen LogP contribution < -0.4 is 20.1 Å². The van der Waals surface area contributed by atoms with Crippen LogP contribution in [-0.4, -0.2) is 31.6 Å². The van der Waals surface area contributed by atoms with Crippen LogP contribution in [0.25, 0.3) is 0 Å². The number of amides is 2. The molecule has 0 saturated heterocycles. The molecule has 0 fully saturated rings. The van der Waals surface area contributed by atoms with Gasteiger partial charge < -0.3 is 20.1 Å². The molecule has 2 amide bonds. The van der Waals surface area contributed by atoms with Crippen LogP contribution in [0.5, 0.6) is 11.5 Å². The number of hydrogen-bond donors (Lipinski definition) is 2. The van der Waals surface area contributed by atoms with E-state index in [9.17, 15) is 9.59 Å². The maximum atomic E-state index is 12.4. The standard InChI is InChI=1S/C20H24N2O4/c1-20(2,3)22-19(24)14-8-6-13(7-9-14)18(23)21-15-10-11-16(25-4)17(12-15)26-5/h6-12H,1-5H3,(H,21,23)(H,22,24). The quantitative estimate of drug-likeness (QED) is 0.860. The summed E-state index contributed by atoms with van der Waals surface area (Å²) in [5.74, 6) is 0.656. The molecule has 0 bridgehead atoms. The molecule has 138 valence electrons. The highest BCUT2D eigenvalue weighted by Gasteiger charge is 2.16. The minimum atomic E-state index is -0.319. The van der Waals surface area contributed by atoms with E-state index in [0.29, 0.717) is 28.3 Å². The van der Waals surface area contributed by atoms with E-state index in [1.54, 1.807) is 49.6 Å². The van der Waals surface area contributed by atoms with Crippen molar-refractivity contribution >= 4 is 17.5 Å². The van der Waals surface area contributed by atoms with Crippen LogP contribution >= 0.6 is 0 Å². The molecule has 0 aliphatic rings. The predicted octanol–water partition coefficient (Wildman–Crippen LogP) is 3.48. The van der Waals surface area contributed by atoms with Crippen molar-refractivity contribution < 1.29 is 19.1 Å². The van der Waals surface area contributed by atoms with Gasteiger partial charge in [0, 0.05) is 28.4 Å². The van der Waals surface area contributed by atoms with E-state index in [1.165, 1.54) is 7.11 Å². The second kappa shape index (κ2) is 7.91. The van der Waals surface area contributed by atoms with Gasteiger partial charge in [0.2, 0.25) is 0 Å². The molecule has 2 aromatic rings. The van der Waals surface area contributed by atoms with E-state index in [4.69, 9.17) is 9.47 Å². The van der Waals surface area contributed by atoms with Crippen LogP contribution in [-0.2, 0) is 0 Å². The summed E-state index contributed by atoms with van der Waals surface area (Å²) in [6.07, 6.45) is 0. The summed E-state index contributed by atoms with van der Waals surface area (Å²) >= 11 is 0. The monoisotopic (exact) mass is 356 g/mol. The van der Waals surface area contributed by atoms with Gasteiger partial charge in [-0.15, -0.1) is 0 Å². The zero-order valence-corrected chi connectivity index (χ0v) is 15.7. The summed E-state index contributed by atoms with van der Waals surface area (Å²) in [5.41, 5.74) is 1.22. The molecule has 0 aliphatic carbocycles. The van der Waals surface area contributed by atoms with Crippen molar-refractivity contribution in [1.29, 1.82) is 0 Å². The van der Waals surface area contributed by atoms with Gasteiger partial charge in [-0.2, -0.15) is 0 Å². The summed E-state index contributed by atoms with van der Waals surface area (Å²) in [6.45, 7) is 5.74. The highest BCUT2D eigenvalue weighted by molar-refractivity contribution is 6.05. The Morgan fingerprint density at radius 2 is 1.35 bits per heavy atom. The summed E-state index contributed by atoms with van der Waals surface area (Å²) < 4.78 is 10.4. The SMILES string of the molecule is COc1ccc(NC(=O)c2ccc(C(=O)NC(C)(C)C)cc2)cc1OC. The summed E-state index contributed by atoms with van der Waals surface area (Å²) in [4.78, 5) is 24.5. The second-order valence-corrected chi connectivity index (χ2v) is 6.81. The first-order valence-corrected chi connectivity index (χ1v) is 8.19. The van der Waals surface area contributed by atoms with E-state index in [0.717, 1.165) is 0 Å². The molecule has 2 rings (SSSR count). The van der Waals surface area contributed by atoms with Gasteiger partial charge in [0.1, 0.15) is 0 Å². The summed E-state index contributed by atoms with van der Waals surface area (Å²) in [7, 11) is 3.08. The lowest BCUT2D eigenvalue weighted by Crippen LogP contribution is -2.40. The number of ether oxygens (including phenoxy) is 2. The highest BCUT2D eigenvalue weighted by atomic mass is 16.5. The van der Waals surface area contributed by atoms with E-state index in [1.807, 2.05) is 20.8 Å². The fourth-order valence-electron chi connectivity index (χ4n) is 2.30. The molecular weight excluding hydrogens is 332 g/mol. The van der Waals surface area contributed by atoms with E-state index in [2.05, 4.69) is 10.6 Å². The van der Waals surface area contributed by atoms with Crippen LogP contribution in [0.2, 0.25) is 0 Å². The Labute approximate surface area is 153 Å². The van der Waals surface area contributed by atoms with Crippen molar-refractivity contribution in [2.24, 2.45) is 0 Å². The number of nitrogens with one attached hydrogen (secondary N) is 2. The fraction of sp³-hybridized carbons (Fsp3) is 0.300. The number of benzene rings is 2. The third kappa shape index (κ3) is 4.99. The van der Waals surface area contributed by atoms with Crippen LogP contribution in [0.1, 0.15) is 41.5 Å². The lowest BCUT2D eigenvalue weighted by Gasteiger charge is -2.20. The van der Waals surface area contributed by atoms with Gasteiger partial charge in [-0.05, 0) is 57.2 Å². The average Bonchev–Trinajstić information content (AvgIpc) is 2.60. The Kier molecular flexibility index (Phi) is 5.87. The molecule has 2 aromatic carbocycles. The molecule has 0 aromatic heterocycles. The van der Waals surface area contributed by atoms with Crippen molar-refractivity contribution in [2.45, 2.75) is 26.3 Å². The van der Waals surface area contributed by atoms with Gasteiger partial charge in [0.15, 0.2) is 11.5 Å². The van der Waals surface area contributed by atoms with Crippen molar-refractivity contribution in [3.8, 4) is 11.5 Å². The maximum Gasteiger partial charge on any atom is 0.255 e. The molecule has 0 radical (unpaired) electrons. The molecule has 0 heterocycles. The van der Waals surface area contributed by atoms with Gasteiger partial charge in [-0.3, -0.25) is 9.59 Å². The first-order valence-electron chi connectivity index (χ1n) is 8.19. The molecule has 0 saturated carbocycles. The third-order valence-corrected chi connectivity index (χ3v) is 3.54. The Bertz CT molecular complexity index is 792. The zero-order valence-electron chi connectivity index (χ0n) is 15.7. The Hall–Kier alpha value is -3.02. The molecule has 2 N–H and O–H groups in total. The van der Waals surface area contributed by atoms with Gasteiger partial charge in [-0.1, -0.05) is 0 Å². The molecule has 6 nitrogen and oxygen atoms in total. The lowest BCUT2D eigenvalue weighted by molar-refractivity contribution is 0.0918. The Balaban J connectivity index is 2.10. The summed E-state index contributed by atoms with van der Waals surface area (Å²) in [6, 6.07) is 11.6. The minimum Gasteiger partial charge on any atom is -0.493 e. The molecule has 6 heteroatoms. The highest BCUT2D eigenvalue weighted by Crippen LogP contribution is 2.29. The van der Waals surface area contributed by atoms with Gasteiger partial charge >= 0.3 is 0 Å². The second-order valence-electron chi connectivity index (χ2n) is 6.81. The number of anilines is 1. The van der Waals surface area contributed by atoms with Gasteiger partial charge in [0.25, 0.3) is 11.8 Å². The first kappa shape index (κ1) is 19.3. The first-order chi connectivity index (χ1) is 12.2. The molecular formula is C20H24N2O4. The minimum absolute atomic E-state index is 0.177. The van der Waals surface area contributed by atoms with Crippen molar-refractivity contribution in [3.05, 3.63) is 53.6 Å². The van der Waals surface area contributed by atoms with Crippen LogP contribution in [0.4, 0.5) is 5.69 Å². The summed E-state index contributed by atoms with van der Waals surface area (Å²) in [5, 5.41) is 5.68. The molecule has 26 heavy (non-hydrogen) atoms. The average molecular weight is 356 g/mol. The molecule has 0 atom stereocenters. The van der Waals surface area contributed by atoms with E-state index >= 15 is 0 Å². The normalized spacial score (nSPS) is 10.8. The van der Waals surface area contributed by atoms with Gasteiger partial charge in [-0.25, -0.2) is 0 Å². The van der Waals surface area contributed by atoms with Crippen molar-refractivity contribution in [3.63, 3.8) is 0 Å². The van der Waals surface area contributed by atoms with Gasteiger partial charge in [0.05, 0.1) is 14.2 Å². The Morgan fingerprint density at radius 1 is 0.808 bits per heavy atom. The van der Waals surface area contributed by atoms with Crippen LogP contribution in [0.3, 0.4) is 0 Å². The molecule has 0 aliphatic heterocycles. The number of rotatable bonds is 5. The van der Waals surface area contributed by atoms with E-state index in [-0.39, 0.29) is 17.4 Å². The van der Waals surface area contributed by atoms with Crippen molar-refractivity contribution in [1.82, 2.24) is 5.32 Å². The maximum absolute atomic E-state index is 12.4. The molecule has 0 unspecified atom stereocenters. The smallest absolute Gasteiger partial charge is 0.255 e.